The fourth-order valence-electron chi connectivity index (χ4n) is 3.78. The van der Waals surface area contributed by atoms with E-state index in [0.717, 1.165) is 16.9 Å². The number of aromatic nitrogens is 1. The number of amides is 2. The number of pyridine rings is 1. The van der Waals surface area contributed by atoms with Crippen LogP contribution in [0.5, 0.6) is 11.5 Å². The molecule has 0 bridgehead atoms. The van der Waals surface area contributed by atoms with Crippen molar-refractivity contribution in [2.24, 2.45) is 0 Å². The molecule has 0 aliphatic carbocycles. The second-order valence-corrected chi connectivity index (χ2v) is 7.64. The molecule has 3 aromatic rings. The third-order valence-corrected chi connectivity index (χ3v) is 5.38. The summed E-state index contributed by atoms with van der Waals surface area (Å²) in [6.07, 6.45) is 1.70. The van der Waals surface area contributed by atoms with Crippen molar-refractivity contribution in [1.29, 1.82) is 0 Å². The highest BCUT2D eigenvalue weighted by atomic mass is 16.5. The molecule has 0 saturated carbocycles. The van der Waals surface area contributed by atoms with Gasteiger partial charge in [-0.15, -0.1) is 0 Å². The molecule has 0 spiro atoms. The van der Waals surface area contributed by atoms with Gasteiger partial charge in [-0.3, -0.25) is 14.5 Å². The zero-order valence-corrected chi connectivity index (χ0v) is 18.6. The maximum Gasteiger partial charge on any atom is 0.274 e. The van der Waals surface area contributed by atoms with E-state index in [4.69, 9.17) is 9.47 Å². The van der Waals surface area contributed by atoms with Crippen LogP contribution in [0.4, 0.5) is 5.82 Å². The summed E-state index contributed by atoms with van der Waals surface area (Å²) in [5.74, 6) is 1.55. The zero-order valence-electron chi connectivity index (χ0n) is 18.6. The Balaban J connectivity index is 1.37. The second-order valence-electron chi connectivity index (χ2n) is 7.64. The highest BCUT2D eigenvalue weighted by molar-refractivity contribution is 5.99. The van der Waals surface area contributed by atoms with E-state index in [2.05, 4.69) is 10.3 Å². The van der Waals surface area contributed by atoms with Crippen molar-refractivity contribution >= 4 is 17.6 Å². The number of benzene rings is 2. The molecule has 1 atom stereocenters. The van der Waals surface area contributed by atoms with Crippen LogP contribution < -0.4 is 19.7 Å². The van der Waals surface area contributed by atoms with Crippen LogP contribution in [0.25, 0.3) is 0 Å². The first-order valence-electron chi connectivity index (χ1n) is 11.1. The average Bonchev–Trinajstić information content (AvgIpc) is 2.85. The number of nitrogens with one attached hydrogen (secondary N) is 1. The fourth-order valence-corrected chi connectivity index (χ4v) is 3.78. The molecule has 7 heteroatoms. The minimum atomic E-state index is -0.730. The zero-order chi connectivity index (χ0) is 23.0. The number of fused-ring (bicyclic) bond motifs is 1. The van der Waals surface area contributed by atoms with Crippen LogP contribution in [-0.4, -0.2) is 29.9 Å². The van der Waals surface area contributed by atoms with Gasteiger partial charge in [0.25, 0.3) is 5.91 Å². The van der Waals surface area contributed by atoms with Gasteiger partial charge in [-0.25, -0.2) is 4.98 Å². The number of para-hydroxylation sites is 1. The van der Waals surface area contributed by atoms with E-state index in [1.807, 2.05) is 61.5 Å². The van der Waals surface area contributed by atoms with E-state index < -0.39 is 6.10 Å². The summed E-state index contributed by atoms with van der Waals surface area (Å²) >= 11 is 0. The smallest absolute Gasteiger partial charge is 0.274 e. The Morgan fingerprint density at radius 3 is 2.70 bits per heavy atom. The van der Waals surface area contributed by atoms with Crippen molar-refractivity contribution in [3.05, 3.63) is 84.1 Å². The van der Waals surface area contributed by atoms with Gasteiger partial charge in [0.1, 0.15) is 5.75 Å². The minimum Gasteiger partial charge on any atom is -0.494 e. The molecule has 1 N–H and O–H groups in total. The van der Waals surface area contributed by atoms with E-state index in [-0.39, 0.29) is 11.8 Å². The summed E-state index contributed by atoms with van der Waals surface area (Å²) in [5.41, 5.74) is 1.72. The molecular formula is C26H27N3O4. The molecule has 0 radical (unpaired) electrons. The molecule has 1 aromatic heterocycles. The predicted octanol–water partition coefficient (Wildman–Crippen LogP) is 4.04. The van der Waals surface area contributed by atoms with E-state index in [0.29, 0.717) is 44.1 Å². The van der Waals surface area contributed by atoms with Crippen LogP contribution in [0, 0.1) is 0 Å². The predicted molar refractivity (Wildman–Crippen MR) is 125 cm³/mol. The number of anilines is 1. The van der Waals surface area contributed by atoms with Gasteiger partial charge in [0.2, 0.25) is 12.0 Å². The standard InChI is InChI=1S/C26H27N3O4/c1-2-32-21-13-7-6-12-20(21)18-28-23(30)15-9-17-29-25-22(14-8-16-27-25)33-24(26(29)31)19-10-4-3-5-11-19/h3-8,10-14,16,24H,2,9,15,17-18H2,1H3,(H,28,30). The van der Waals surface area contributed by atoms with Gasteiger partial charge in [0.15, 0.2) is 11.6 Å². The number of rotatable bonds is 9. The Kier molecular flexibility index (Phi) is 7.19. The highest BCUT2D eigenvalue weighted by Gasteiger charge is 2.36. The largest absolute Gasteiger partial charge is 0.494 e. The Hall–Kier alpha value is -3.87. The quantitative estimate of drug-likeness (QED) is 0.538. The first-order chi connectivity index (χ1) is 16.2. The topological polar surface area (TPSA) is 80.8 Å². The minimum absolute atomic E-state index is 0.0807. The summed E-state index contributed by atoms with van der Waals surface area (Å²) in [4.78, 5) is 31.6. The van der Waals surface area contributed by atoms with Gasteiger partial charge >= 0.3 is 0 Å². The monoisotopic (exact) mass is 445 g/mol. The third-order valence-electron chi connectivity index (χ3n) is 5.38. The van der Waals surface area contributed by atoms with E-state index in [1.165, 1.54) is 0 Å². The van der Waals surface area contributed by atoms with Crippen LogP contribution in [0.2, 0.25) is 0 Å². The average molecular weight is 446 g/mol. The number of nitrogens with zero attached hydrogens (tertiary/aromatic N) is 2. The van der Waals surface area contributed by atoms with Gasteiger partial charge in [0.05, 0.1) is 6.61 Å². The first kappa shape index (κ1) is 22.3. The molecule has 0 fully saturated rings. The molecule has 4 rings (SSSR count). The maximum absolute atomic E-state index is 13.2. The molecule has 170 valence electrons. The molecule has 1 unspecified atom stereocenters. The Morgan fingerprint density at radius 1 is 1.09 bits per heavy atom. The van der Waals surface area contributed by atoms with E-state index >= 15 is 0 Å². The van der Waals surface area contributed by atoms with E-state index in [1.54, 1.807) is 23.2 Å². The van der Waals surface area contributed by atoms with Crippen molar-refractivity contribution in [1.82, 2.24) is 10.3 Å². The van der Waals surface area contributed by atoms with Crippen molar-refractivity contribution in [3.63, 3.8) is 0 Å². The number of carbonyl (C=O) groups excluding carboxylic acids is 2. The number of carbonyl (C=O) groups is 2. The Labute approximate surface area is 193 Å². The molecule has 2 amide bonds. The lowest BCUT2D eigenvalue weighted by Gasteiger charge is -2.33. The Bertz CT molecular complexity index is 1100. The van der Waals surface area contributed by atoms with Crippen LogP contribution in [0.1, 0.15) is 37.0 Å². The maximum atomic E-state index is 13.2. The number of hydrogen-bond donors (Lipinski definition) is 1. The van der Waals surface area contributed by atoms with Gasteiger partial charge < -0.3 is 14.8 Å². The molecule has 7 nitrogen and oxygen atoms in total. The van der Waals surface area contributed by atoms with Crippen LogP contribution in [-0.2, 0) is 16.1 Å². The summed E-state index contributed by atoms with van der Waals surface area (Å²) in [6.45, 7) is 3.26. The second kappa shape index (κ2) is 10.6. The third kappa shape index (κ3) is 5.31. The summed E-state index contributed by atoms with van der Waals surface area (Å²) < 4.78 is 11.6. The van der Waals surface area contributed by atoms with Crippen LogP contribution in [0.3, 0.4) is 0 Å². The van der Waals surface area contributed by atoms with Crippen LogP contribution in [0.15, 0.2) is 72.9 Å². The molecule has 1 aliphatic heterocycles. The van der Waals surface area contributed by atoms with Crippen molar-refractivity contribution in [2.45, 2.75) is 32.4 Å². The lowest BCUT2D eigenvalue weighted by molar-refractivity contribution is -0.127. The molecule has 2 heterocycles. The van der Waals surface area contributed by atoms with Gasteiger partial charge in [-0.05, 0) is 31.5 Å². The van der Waals surface area contributed by atoms with Crippen molar-refractivity contribution in [3.8, 4) is 11.5 Å². The van der Waals surface area contributed by atoms with Crippen molar-refractivity contribution in [2.75, 3.05) is 18.1 Å². The summed E-state index contributed by atoms with van der Waals surface area (Å²) in [6, 6.07) is 20.6. The fraction of sp³-hybridized carbons (Fsp3) is 0.269. The molecular weight excluding hydrogens is 418 g/mol. The molecule has 2 aromatic carbocycles. The summed E-state index contributed by atoms with van der Waals surface area (Å²) in [5, 5.41) is 2.94. The van der Waals surface area contributed by atoms with E-state index in [9.17, 15) is 9.59 Å². The summed E-state index contributed by atoms with van der Waals surface area (Å²) in [7, 11) is 0. The molecule has 33 heavy (non-hydrogen) atoms. The molecule has 0 saturated heterocycles. The highest BCUT2D eigenvalue weighted by Crippen LogP contribution is 2.37. The van der Waals surface area contributed by atoms with Crippen LogP contribution >= 0.6 is 0 Å². The van der Waals surface area contributed by atoms with Gasteiger partial charge in [-0.2, -0.15) is 0 Å². The van der Waals surface area contributed by atoms with Gasteiger partial charge in [-0.1, -0.05) is 48.5 Å². The molecule has 1 aliphatic rings. The lowest BCUT2D eigenvalue weighted by atomic mass is 10.1. The lowest BCUT2D eigenvalue weighted by Crippen LogP contribution is -2.42. The van der Waals surface area contributed by atoms with Gasteiger partial charge in [0, 0.05) is 36.8 Å². The normalized spacial score (nSPS) is 14.9. The SMILES string of the molecule is CCOc1ccccc1CNC(=O)CCCN1C(=O)C(c2ccccc2)Oc2cccnc21. The first-order valence-corrected chi connectivity index (χ1v) is 11.1. The Morgan fingerprint density at radius 2 is 1.88 bits per heavy atom. The van der Waals surface area contributed by atoms with Crippen molar-refractivity contribution < 1.29 is 19.1 Å². The number of hydrogen-bond acceptors (Lipinski definition) is 5. The number of ether oxygens (including phenoxy) is 2.